The highest BCUT2D eigenvalue weighted by atomic mass is 35.5. The molecule has 1 aliphatic rings. The first-order valence-electron chi connectivity index (χ1n) is 9.08. The molecule has 1 N–H and O–H groups in total. The van der Waals surface area contributed by atoms with Crippen molar-refractivity contribution in [3.05, 3.63) is 58.6 Å². The lowest BCUT2D eigenvalue weighted by atomic mass is 10.0. The summed E-state index contributed by atoms with van der Waals surface area (Å²) in [7, 11) is 0. The van der Waals surface area contributed by atoms with Gasteiger partial charge < -0.3 is 19.5 Å². The van der Waals surface area contributed by atoms with Gasteiger partial charge in [0.1, 0.15) is 6.61 Å². The molecule has 1 aliphatic heterocycles. The molecule has 1 amide bonds. The summed E-state index contributed by atoms with van der Waals surface area (Å²) in [6, 6.07) is 12.3. The Morgan fingerprint density at radius 3 is 2.68 bits per heavy atom. The van der Waals surface area contributed by atoms with Crippen LogP contribution in [0.1, 0.15) is 36.9 Å². The molecule has 0 bridgehead atoms. The molecule has 0 saturated heterocycles. The number of benzene rings is 2. The number of halogens is 1. The monoisotopic (exact) mass is 403 g/mol. The standard InChI is InChI=1S/C21H22ClNO5/c1-14(24)23-18(16-6-3-2-4-7-16)12-20(25)28-13-15-10-17(22)21-19(11-15)26-8-5-9-27-21/h2-4,6-7,10-11,18H,5,8-9,12-13H2,1H3,(H,23,24). The van der Waals surface area contributed by atoms with Crippen molar-refractivity contribution in [3.63, 3.8) is 0 Å². The molecule has 2 aromatic rings. The first-order chi connectivity index (χ1) is 13.5. The Hall–Kier alpha value is -2.73. The highest BCUT2D eigenvalue weighted by molar-refractivity contribution is 6.32. The number of amides is 1. The van der Waals surface area contributed by atoms with Gasteiger partial charge in [-0.15, -0.1) is 0 Å². The third kappa shape index (κ3) is 5.39. The lowest BCUT2D eigenvalue weighted by Gasteiger charge is -2.18. The summed E-state index contributed by atoms with van der Waals surface area (Å²) in [6.07, 6.45) is 0.807. The van der Waals surface area contributed by atoms with Gasteiger partial charge in [-0.25, -0.2) is 0 Å². The summed E-state index contributed by atoms with van der Waals surface area (Å²) < 4.78 is 16.6. The number of carbonyl (C=O) groups excluding carboxylic acids is 2. The van der Waals surface area contributed by atoms with E-state index in [9.17, 15) is 9.59 Å². The number of hydrogen-bond donors (Lipinski definition) is 1. The lowest BCUT2D eigenvalue weighted by Crippen LogP contribution is -2.28. The molecule has 0 aromatic heterocycles. The maximum atomic E-state index is 12.3. The molecule has 0 aliphatic carbocycles. The van der Waals surface area contributed by atoms with Crippen LogP contribution in [0, 0.1) is 0 Å². The molecular formula is C21H22ClNO5. The van der Waals surface area contributed by atoms with E-state index in [0.29, 0.717) is 35.3 Å². The van der Waals surface area contributed by atoms with Crippen LogP contribution in [0.25, 0.3) is 0 Å². The molecule has 0 saturated carbocycles. The van der Waals surface area contributed by atoms with Crippen LogP contribution in [-0.4, -0.2) is 25.1 Å². The fraction of sp³-hybridized carbons (Fsp3) is 0.333. The van der Waals surface area contributed by atoms with Crippen molar-refractivity contribution in [3.8, 4) is 11.5 Å². The zero-order valence-corrected chi connectivity index (χ0v) is 16.3. The number of fused-ring (bicyclic) bond motifs is 1. The number of rotatable bonds is 6. The van der Waals surface area contributed by atoms with Gasteiger partial charge >= 0.3 is 5.97 Å². The Balaban J connectivity index is 1.63. The SMILES string of the molecule is CC(=O)NC(CC(=O)OCc1cc(Cl)c2c(c1)OCCCO2)c1ccccc1. The van der Waals surface area contributed by atoms with Crippen LogP contribution in [-0.2, 0) is 20.9 Å². The third-order valence-corrected chi connectivity index (χ3v) is 4.49. The van der Waals surface area contributed by atoms with Crippen molar-refractivity contribution < 1.29 is 23.8 Å². The van der Waals surface area contributed by atoms with Crippen LogP contribution in [0.2, 0.25) is 5.02 Å². The quantitative estimate of drug-likeness (QED) is 0.742. The minimum absolute atomic E-state index is 0.0296. The molecule has 148 valence electrons. The molecule has 1 atom stereocenters. The minimum Gasteiger partial charge on any atom is -0.489 e. The number of hydrogen-bond acceptors (Lipinski definition) is 5. The number of carbonyl (C=O) groups is 2. The Kier molecular flexibility index (Phi) is 6.76. The molecule has 7 heteroatoms. The molecule has 2 aromatic carbocycles. The van der Waals surface area contributed by atoms with Gasteiger partial charge in [0.2, 0.25) is 5.91 Å². The van der Waals surface area contributed by atoms with Gasteiger partial charge in [0.15, 0.2) is 11.5 Å². The van der Waals surface area contributed by atoms with Gasteiger partial charge in [-0.2, -0.15) is 0 Å². The Labute approximate surface area is 168 Å². The van der Waals surface area contributed by atoms with Gasteiger partial charge in [-0.05, 0) is 23.3 Å². The van der Waals surface area contributed by atoms with Crippen LogP contribution in [0.15, 0.2) is 42.5 Å². The van der Waals surface area contributed by atoms with Gasteiger partial charge in [-0.3, -0.25) is 9.59 Å². The van der Waals surface area contributed by atoms with Crippen LogP contribution in [0.5, 0.6) is 11.5 Å². The average molecular weight is 404 g/mol. The highest BCUT2D eigenvalue weighted by Crippen LogP contribution is 2.38. The number of ether oxygens (including phenoxy) is 3. The minimum atomic E-state index is -0.446. The van der Waals surface area contributed by atoms with E-state index in [1.54, 1.807) is 12.1 Å². The van der Waals surface area contributed by atoms with Crippen LogP contribution >= 0.6 is 11.6 Å². The highest BCUT2D eigenvalue weighted by Gasteiger charge is 2.19. The van der Waals surface area contributed by atoms with Crippen LogP contribution in [0.4, 0.5) is 0 Å². The summed E-state index contributed by atoms with van der Waals surface area (Å²) in [5, 5.41) is 3.21. The maximum absolute atomic E-state index is 12.3. The summed E-state index contributed by atoms with van der Waals surface area (Å²) in [6.45, 7) is 2.56. The van der Waals surface area contributed by atoms with Gasteiger partial charge in [0.05, 0.1) is 30.7 Å². The van der Waals surface area contributed by atoms with E-state index in [4.69, 9.17) is 25.8 Å². The number of nitrogens with one attached hydrogen (secondary N) is 1. The lowest BCUT2D eigenvalue weighted by molar-refractivity contribution is -0.145. The molecule has 6 nitrogen and oxygen atoms in total. The maximum Gasteiger partial charge on any atom is 0.308 e. The van der Waals surface area contributed by atoms with Crippen molar-refractivity contribution in [2.24, 2.45) is 0 Å². The third-order valence-electron chi connectivity index (χ3n) is 4.21. The second-order valence-electron chi connectivity index (χ2n) is 6.48. The van der Waals surface area contributed by atoms with E-state index in [1.165, 1.54) is 6.92 Å². The Morgan fingerprint density at radius 2 is 1.93 bits per heavy atom. The molecule has 3 rings (SSSR count). The largest absolute Gasteiger partial charge is 0.489 e. The fourth-order valence-corrected chi connectivity index (χ4v) is 3.23. The summed E-state index contributed by atoms with van der Waals surface area (Å²) in [4.78, 5) is 23.8. The van der Waals surface area contributed by atoms with E-state index in [2.05, 4.69) is 5.32 Å². The number of esters is 1. The van der Waals surface area contributed by atoms with Gasteiger partial charge in [-0.1, -0.05) is 41.9 Å². The molecular weight excluding hydrogens is 382 g/mol. The van der Waals surface area contributed by atoms with E-state index in [0.717, 1.165) is 12.0 Å². The zero-order valence-electron chi connectivity index (χ0n) is 15.6. The first kappa shape index (κ1) is 20.0. The molecule has 1 heterocycles. The normalized spacial score (nSPS) is 13.9. The smallest absolute Gasteiger partial charge is 0.308 e. The van der Waals surface area contributed by atoms with Crippen molar-refractivity contribution in [1.82, 2.24) is 5.32 Å². The summed E-state index contributed by atoms with van der Waals surface area (Å²) in [5.74, 6) is 0.433. The van der Waals surface area contributed by atoms with Crippen molar-refractivity contribution >= 4 is 23.5 Å². The molecule has 0 spiro atoms. The van der Waals surface area contributed by atoms with Crippen molar-refractivity contribution in [2.75, 3.05) is 13.2 Å². The Bertz CT molecular complexity index is 840. The van der Waals surface area contributed by atoms with E-state index in [1.807, 2.05) is 30.3 Å². The second kappa shape index (κ2) is 9.46. The van der Waals surface area contributed by atoms with Crippen molar-refractivity contribution in [2.45, 2.75) is 32.4 Å². The first-order valence-corrected chi connectivity index (χ1v) is 9.46. The van der Waals surface area contributed by atoms with Gasteiger partial charge in [0, 0.05) is 13.3 Å². The topological polar surface area (TPSA) is 73.9 Å². The Morgan fingerprint density at radius 1 is 1.18 bits per heavy atom. The van der Waals surface area contributed by atoms with Crippen LogP contribution < -0.4 is 14.8 Å². The molecule has 0 fully saturated rings. The van der Waals surface area contributed by atoms with Crippen molar-refractivity contribution in [1.29, 1.82) is 0 Å². The van der Waals surface area contributed by atoms with Crippen LogP contribution in [0.3, 0.4) is 0 Å². The summed E-state index contributed by atoms with van der Waals surface area (Å²) in [5.41, 5.74) is 1.55. The average Bonchev–Trinajstić information content (AvgIpc) is 2.92. The molecule has 0 radical (unpaired) electrons. The fourth-order valence-electron chi connectivity index (χ4n) is 2.94. The van der Waals surface area contributed by atoms with E-state index >= 15 is 0 Å². The molecule has 28 heavy (non-hydrogen) atoms. The zero-order chi connectivity index (χ0) is 19.9. The predicted octanol–water partition coefficient (Wildman–Crippen LogP) is 3.81. The molecule has 1 unspecified atom stereocenters. The van der Waals surface area contributed by atoms with E-state index in [-0.39, 0.29) is 18.9 Å². The van der Waals surface area contributed by atoms with E-state index < -0.39 is 12.0 Å². The summed E-state index contributed by atoms with van der Waals surface area (Å²) >= 11 is 6.26. The predicted molar refractivity (Wildman–Crippen MR) is 104 cm³/mol. The second-order valence-corrected chi connectivity index (χ2v) is 6.89. The van der Waals surface area contributed by atoms with Gasteiger partial charge in [0.25, 0.3) is 0 Å².